The van der Waals surface area contributed by atoms with Gasteiger partial charge in [-0.05, 0) is 29.7 Å². The molecule has 2 heterocycles. The molecule has 3 heteroatoms. The van der Waals surface area contributed by atoms with Crippen molar-refractivity contribution >= 4 is 21.6 Å². The van der Waals surface area contributed by atoms with E-state index in [0.29, 0.717) is 0 Å². The van der Waals surface area contributed by atoms with Gasteiger partial charge in [0.15, 0.2) is 0 Å². The monoisotopic (exact) mass is 266 g/mol. The van der Waals surface area contributed by atoms with E-state index in [2.05, 4.69) is 47.8 Å². The van der Waals surface area contributed by atoms with Crippen LogP contribution in [0.15, 0.2) is 48.5 Å². The molecule has 4 rings (SSSR count). The van der Waals surface area contributed by atoms with Gasteiger partial charge < -0.3 is 5.32 Å². The van der Waals surface area contributed by atoms with E-state index in [4.69, 9.17) is 4.98 Å². The van der Waals surface area contributed by atoms with Crippen molar-refractivity contribution < 1.29 is 0 Å². The summed E-state index contributed by atoms with van der Waals surface area (Å²) >= 11 is 1.79. The van der Waals surface area contributed by atoms with Crippen molar-refractivity contribution in [1.82, 2.24) is 10.3 Å². The second-order valence-corrected chi connectivity index (χ2v) is 5.92. The Morgan fingerprint density at radius 2 is 1.89 bits per heavy atom. The summed E-state index contributed by atoms with van der Waals surface area (Å²) < 4.78 is 1.27. The minimum atomic E-state index is 0.252. The summed E-state index contributed by atoms with van der Waals surface area (Å²) in [6, 6.07) is 17.3. The van der Waals surface area contributed by atoms with Crippen molar-refractivity contribution in [1.29, 1.82) is 0 Å². The molecule has 1 atom stereocenters. The van der Waals surface area contributed by atoms with Gasteiger partial charge in [0.25, 0.3) is 0 Å². The lowest BCUT2D eigenvalue weighted by molar-refractivity contribution is 0.566. The van der Waals surface area contributed by atoms with E-state index in [1.165, 1.54) is 20.8 Å². The van der Waals surface area contributed by atoms with Gasteiger partial charge in [0, 0.05) is 6.54 Å². The number of aromatic nitrogens is 1. The third-order valence-corrected chi connectivity index (χ3v) is 4.77. The van der Waals surface area contributed by atoms with Gasteiger partial charge in [-0.1, -0.05) is 36.4 Å². The molecular weight excluding hydrogens is 252 g/mol. The number of para-hydroxylation sites is 1. The van der Waals surface area contributed by atoms with Crippen LogP contribution in [0.2, 0.25) is 0 Å². The lowest BCUT2D eigenvalue weighted by Gasteiger charge is -2.25. The van der Waals surface area contributed by atoms with E-state index in [1.807, 2.05) is 6.07 Å². The van der Waals surface area contributed by atoms with Crippen LogP contribution >= 0.6 is 11.3 Å². The van der Waals surface area contributed by atoms with Crippen LogP contribution in [0.3, 0.4) is 0 Å². The molecular formula is C16H14N2S. The Labute approximate surface area is 116 Å². The molecule has 1 aliphatic heterocycles. The van der Waals surface area contributed by atoms with Gasteiger partial charge in [-0.15, -0.1) is 11.3 Å². The number of nitrogens with zero attached hydrogens (tertiary/aromatic N) is 1. The second-order valence-electron chi connectivity index (χ2n) is 4.86. The number of hydrogen-bond donors (Lipinski definition) is 1. The fourth-order valence-electron chi connectivity index (χ4n) is 2.74. The Morgan fingerprint density at radius 1 is 1.05 bits per heavy atom. The Kier molecular flexibility index (Phi) is 2.60. The highest BCUT2D eigenvalue weighted by atomic mass is 32.1. The van der Waals surface area contributed by atoms with Crippen molar-refractivity contribution in [3.8, 4) is 0 Å². The van der Waals surface area contributed by atoms with E-state index in [9.17, 15) is 0 Å². The first-order valence-corrected chi connectivity index (χ1v) is 7.40. The van der Waals surface area contributed by atoms with Gasteiger partial charge in [-0.2, -0.15) is 0 Å². The molecule has 2 nitrogen and oxygen atoms in total. The van der Waals surface area contributed by atoms with Gasteiger partial charge in [-0.25, -0.2) is 4.98 Å². The summed E-state index contributed by atoms with van der Waals surface area (Å²) in [7, 11) is 0. The zero-order valence-corrected chi connectivity index (χ0v) is 11.3. The topological polar surface area (TPSA) is 24.9 Å². The van der Waals surface area contributed by atoms with E-state index in [-0.39, 0.29) is 6.04 Å². The summed E-state index contributed by atoms with van der Waals surface area (Å²) in [4.78, 5) is 4.79. The van der Waals surface area contributed by atoms with Crippen LogP contribution in [0.25, 0.3) is 10.2 Å². The standard InChI is InChI=1S/C16H14N2S/c1-2-6-12-11(5-1)9-10-17-15(12)16-18-13-7-3-4-8-14(13)19-16/h1-8,15,17H,9-10H2. The summed E-state index contributed by atoms with van der Waals surface area (Å²) in [5.74, 6) is 0. The van der Waals surface area contributed by atoms with E-state index in [0.717, 1.165) is 18.5 Å². The van der Waals surface area contributed by atoms with Crippen LogP contribution in [0.5, 0.6) is 0 Å². The zero-order chi connectivity index (χ0) is 12.7. The molecule has 0 amide bonds. The van der Waals surface area contributed by atoms with Crippen LogP contribution in [-0.4, -0.2) is 11.5 Å². The smallest absolute Gasteiger partial charge is 0.115 e. The van der Waals surface area contributed by atoms with E-state index < -0.39 is 0 Å². The fourth-order valence-corrected chi connectivity index (χ4v) is 3.80. The van der Waals surface area contributed by atoms with Crippen LogP contribution in [0.4, 0.5) is 0 Å². The minimum Gasteiger partial charge on any atom is -0.304 e. The molecule has 0 saturated carbocycles. The average Bonchev–Trinajstić information content (AvgIpc) is 2.90. The molecule has 1 aromatic heterocycles. The van der Waals surface area contributed by atoms with Gasteiger partial charge in [0.2, 0.25) is 0 Å². The third-order valence-electron chi connectivity index (χ3n) is 3.67. The zero-order valence-electron chi connectivity index (χ0n) is 10.5. The largest absolute Gasteiger partial charge is 0.304 e. The predicted octanol–water partition coefficient (Wildman–Crippen LogP) is 3.53. The summed E-state index contributed by atoms with van der Waals surface area (Å²) in [6.07, 6.45) is 1.11. The fraction of sp³-hybridized carbons (Fsp3) is 0.188. The quantitative estimate of drug-likeness (QED) is 0.729. The van der Waals surface area contributed by atoms with Gasteiger partial charge in [0.1, 0.15) is 5.01 Å². The summed E-state index contributed by atoms with van der Waals surface area (Å²) in [5.41, 5.74) is 3.94. The molecule has 3 aromatic rings. The number of thiazole rings is 1. The van der Waals surface area contributed by atoms with E-state index in [1.54, 1.807) is 11.3 Å². The molecule has 1 unspecified atom stereocenters. The average molecular weight is 266 g/mol. The number of hydrogen-bond acceptors (Lipinski definition) is 3. The minimum absolute atomic E-state index is 0.252. The number of benzene rings is 2. The molecule has 0 fully saturated rings. The highest BCUT2D eigenvalue weighted by Gasteiger charge is 2.23. The van der Waals surface area contributed by atoms with Crippen LogP contribution < -0.4 is 5.32 Å². The molecule has 0 radical (unpaired) electrons. The van der Waals surface area contributed by atoms with Crippen molar-refractivity contribution in [3.05, 3.63) is 64.7 Å². The SMILES string of the molecule is c1ccc2c(c1)CCNC2c1nc2ccccc2s1. The maximum absolute atomic E-state index is 4.79. The third kappa shape index (κ3) is 1.86. The maximum Gasteiger partial charge on any atom is 0.115 e. The number of fused-ring (bicyclic) bond motifs is 2. The molecule has 0 saturated heterocycles. The molecule has 94 valence electrons. The second kappa shape index (κ2) is 4.44. The molecule has 1 N–H and O–H groups in total. The first kappa shape index (κ1) is 11.1. The Bertz CT molecular complexity index is 699. The normalized spacial score (nSPS) is 18.4. The highest BCUT2D eigenvalue weighted by molar-refractivity contribution is 7.18. The molecule has 1 aliphatic rings. The van der Waals surface area contributed by atoms with Gasteiger partial charge in [-0.3, -0.25) is 0 Å². The lowest BCUT2D eigenvalue weighted by Crippen LogP contribution is -2.30. The Hall–Kier alpha value is -1.71. The van der Waals surface area contributed by atoms with Crippen LogP contribution in [0.1, 0.15) is 22.2 Å². The van der Waals surface area contributed by atoms with Crippen molar-refractivity contribution in [2.75, 3.05) is 6.54 Å². The van der Waals surface area contributed by atoms with E-state index >= 15 is 0 Å². The highest BCUT2D eigenvalue weighted by Crippen LogP contribution is 2.33. The molecule has 0 bridgehead atoms. The lowest BCUT2D eigenvalue weighted by atomic mass is 9.95. The van der Waals surface area contributed by atoms with Crippen molar-refractivity contribution in [3.63, 3.8) is 0 Å². The van der Waals surface area contributed by atoms with Crippen LogP contribution in [0, 0.1) is 0 Å². The van der Waals surface area contributed by atoms with Gasteiger partial charge in [0.05, 0.1) is 16.3 Å². The first-order valence-electron chi connectivity index (χ1n) is 6.58. The Morgan fingerprint density at radius 3 is 2.84 bits per heavy atom. The maximum atomic E-state index is 4.79. The van der Waals surface area contributed by atoms with Gasteiger partial charge >= 0.3 is 0 Å². The predicted molar refractivity (Wildman–Crippen MR) is 79.6 cm³/mol. The Balaban J connectivity index is 1.85. The number of rotatable bonds is 1. The molecule has 2 aromatic carbocycles. The van der Waals surface area contributed by atoms with Crippen molar-refractivity contribution in [2.24, 2.45) is 0 Å². The van der Waals surface area contributed by atoms with Crippen molar-refractivity contribution in [2.45, 2.75) is 12.5 Å². The number of nitrogens with one attached hydrogen (secondary N) is 1. The first-order chi connectivity index (χ1) is 9.42. The molecule has 0 spiro atoms. The van der Waals surface area contributed by atoms with Crippen LogP contribution in [-0.2, 0) is 6.42 Å². The molecule has 0 aliphatic carbocycles. The summed E-state index contributed by atoms with van der Waals surface area (Å²) in [5, 5.41) is 4.77. The molecule has 19 heavy (non-hydrogen) atoms. The summed E-state index contributed by atoms with van der Waals surface area (Å²) in [6.45, 7) is 1.03.